The third-order valence-corrected chi connectivity index (χ3v) is 6.43. The molecule has 18 heavy (non-hydrogen) atoms. The van der Waals surface area contributed by atoms with Crippen molar-refractivity contribution < 1.29 is 8.42 Å². The number of nitrogens with zero attached hydrogens (tertiary/aromatic N) is 1. The van der Waals surface area contributed by atoms with E-state index in [4.69, 9.17) is 0 Å². The second-order valence-corrected chi connectivity index (χ2v) is 7.45. The standard InChI is InChI=1S/C11H18N2O2S2.ClH/c1-12-9-10-4-6-13(7-5-10)17(14,15)11-3-2-8-16-11;/h2-3,8,10,12H,4-7,9H2,1H3;1H. The first kappa shape index (κ1) is 15.9. The summed E-state index contributed by atoms with van der Waals surface area (Å²) in [5.41, 5.74) is 0. The maximum atomic E-state index is 12.2. The van der Waals surface area contributed by atoms with Crippen molar-refractivity contribution in [2.75, 3.05) is 26.7 Å². The number of rotatable bonds is 4. The maximum Gasteiger partial charge on any atom is 0.252 e. The Morgan fingerprint density at radius 1 is 1.44 bits per heavy atom. The topological polar surface area (TPSA) is 49.4 Å². The molecule has 0 aliphatic carbocycles. The van der Waals surface area contributed by atoms with E-state index in [0.717, 1.165) is 19.4 Å². The molecule has 1 saturated heterocycles. The molecule has 0 amide bonds. The van der Waals surface area contributed by atoms with Gasteiger partial charge in [0.25, 0.3) is 10.0 Å². The number of halogens is 1. The summed E-state index contributed by atoms with van der Waals surface area (Å²) in [6.45, 7) is 2.27. The Morgan fingerprint density at radius 3 is 2.61 bits per heavy atom. The number of hydrogen-bond donors (Lipinski definition) is 1. The molecule has 0 spiro atoms. The number of thiophene rings is 1. The molecule has 7 heteroatoms. The monoisotopic (exact) mass is 310 g/mol. The van der Waals surface area contributed by atoms with Crippen LogP contribution in [-0.2, 0) is 10.0 Å². The summed E-state index contributed by atoms with van der Waals surface area (Å²) in [7, 11) is -1.29. The predicted octanol–water partition coefficient (Wildman–Crippen LogP) is 1.79. The van der Waals surface area contributed by atoms with Crippen LogP contribution in [-0.4, -0.2) is 39.4 Å². The molecule has 104 valence electrons. The van der Waals surface area contributed by atoms with Crippen LogP contribution >= 0.6 is 23.7 Å². The van der Waals surface area contributed by atoms with Crippen molar-refractivity contribution in [1.29, 1.82) is 0 Å². The first-order valence-electron chi connectivity index (χ1n) is 5.83. The van der Waals surface area contributed by atoms with E-state index < -0.39 is 10.0 Å². The van der Waals surface area contributed by atoms with Crippen LogP contribution in [0, 0.1) is 5.92 Å². The molecule has 2 heterocycles. The van der Waals surface area contributed by atoms with Crippen molar-refractivity contribution in [2.45, 2.75) is 17.1 Å². The number of piperidine rings is 1. The van der Waals surface area contributed by atoms with E-state index in [9.17, 15) is 8.42 Å². The fraction of sp³-hybridized carbons (Fsp3) is 0.636. The third kappa shape index (κ3) is 3.45. The summed E-state index contributed by atoms with van der Waals surface area (Å²) in [6, 6.07) is 3.46. The first-order valence-corrected chi connectivity index (χ1v) is 8.15. The predicted molar refractivity (Wildman–Crippen MR) is 77.0 cm³/mol. The molecule has 0 radical (unpaired) electrons. The lowest BCUT2D eigenvalue weighted by molar-refractivity contribution is 0.271. The van der Waals surface area contributed by atoms with Crippen LogP contribution in [0.3, 0.4) is 0 Å². The minimum Gasteiger partial charge on any atom is -0.319 e. The first-order chi connectivity index (χ1) is 8.14. The van der Waals surface area contributed by atoms with Crippen molar-refractivity contribution >= 4 is 33.8 Å². The number of nitrogens with one attached hydrogen (secondary N) is 1. The molecular formula is C11H19ClN2O2S2. The van der Waals surface area contributed by atoms with E-state index in [1.165, 1.54) is 11.3 Å². The minimum absolute atomic E-state index is 0. The molecule has 1 fully saturated rings. The second-order valence-electron chi connectivity index (χ2n) is 4.34. The Labute approximate surface area is 119 Å². The highest BCUT2D eigenvalue weighted by Gasteiger charge is 2.29. The molecule has 1 aromatic heterocycles. The van der Waals surface area contributed by atoms with Crippen molar-refractivity contribution in [3.8, 4) is 0 Å². The molecule has 1 N–H and O–H groups in total. The van der Waals surface area contributed by atoms with Crippen LogP contribution in [0.5, 0.6) is 0 Å². The van der Waals surface area contributed by atoms with E-state index >= 15 is 0 Å². The molecule has 1 aromatic rings. The van der Waals surface area contributed by atoms with E-state index in [1.54, 1.807) is 21.8 Å². The highest BCUT2D eigenvalue weighted by atomic mass is 35.5. The van der Waals surface area contributed by atoms with Gasteiger partial charge in [-0.05, 0) is 43.8 Å². The summed E-state index contributed by atoms with van der Waals surface area (Å²) >= 11 is 1.29. The van der Waals surface area contributed by atoms with Gasteiger partial charge in [-0.1, -0.05) is 6.07 Å². The van der Waals surface area contributed by atoms with Crippen molar-refractivity contribution in [3.63, 3.8) is 0 Å². The van der Waals surface area contributed by atoms with Crippen LogP contribution in [0.25, 0.3) is 0 Å². The van der Waals surface area contributed by atoms with Crippen LogP contribution < -0.4 is 5.32 Å². The van der Waals surface area contributed by atoms with Crippen molar-refractivity contribution in [1.82, 2.24) is 9.62 Å². The molecule has 1 aliphatic heterocycles. The Balaban J connectivity index is 0.00000162. The highest BCUT2D eigenvalue weighted by molar-refractivity contribution is 7.91. The van der Waals surface area contributed by atoms with Gasteiger partial charge in [-0.2, -0.15) is 4.31 Å². The molecule has 0 saturated carbocycles. The summed E-state index contributed by atoms with van der Waals surface area (Å²) in [6.07, 6.45) is 1.90. The number of hydrogen-bond acceptors (Lipinski definition) is 4. The van der Waals surface area contributed by atoms with Gasteiger partial charge in [-0.25, -0.2) is 8.42 Å². The summed E-state index contributed by atoms with van der Waals surface area (Å²) < 4.78 is 26.5. The van der Waals surface area contributed by atoms with Crippen molar-refractivity contribution in [2.24, 2.45) is 5.92 Å². The lowest BCUT2D eigenvalue weighted by Crippen LogP contribution is -2.40. The van der Waals surface area contributed by atoms with Gasteiger partial charge in [0.2, 0.25) is 0 Å². The third-order valence-electron chi connectivity index (χ3n) is 3.16. The Kier molecular flexibility index (Phi) is 6.07. The highest BCUT2D eigenvalue weighted by Crippen LogP contribution is 2.25. The molecule has 0 atom stereocenters. The molecular weight excluding hydrogens is 292 g/mol. The van der Waals surface area contributed by atoms with Crippen LogP contribution in [0.1, 0.15) is 12.8 Å². The average molecular weight is 311 g/mol. The average Bonchev–Trinajstić information content (AvgIpc) is 2.84. The fourth-order valence-electron chi connectivity index (χ4n) is 2.18. The maximum absolute atomic E-state index is 12.2. The zero-order valence-corrected chi connectivity index (χ0v) is 12.8. The molecule has 0 bridgehead atoms. The number of sulfonamides is 1. The smallest absolute Gasteiger partial charge is 0.252 e. The van der Waals surface area contributed by atoms with Crippen LogP contribution in [0.15, 0.2) is 21.7 Å². The summed E-state index contributed by atoms with van der Waals surface area (Å²) in [5.74, 6) is 0.606. The fourth-order valence-corrected chi connectivity index (χ4v) is 4.79. The van der Waals surface area contributed by atoms with Gasteiger partial charge in [0, 0.05) is 13.1 Å². The SMILES string of the molecule is CNCC1CCN(S(=O)(=O)c2cccs2)CC1.Cl. The van der Waals surface area contributed by atoms with Gasteiger partial charge in [0.1, 0.15) is 4.21 Å². The van der Waals surface area contributed by atoms with E-state index in [2.05, 4.69) is 5.32 Å². The minimum atomic E-state index is -3.23. The van der Waals surface area contributed by atoms with Crippen molar-refractivity contribution in [3.05, 3.63) is 17.5 Å². The molecule has 2 rings (SSSR count). The summed E-state index contributed by atoms with van der Waals surface area (Å²) in [4.78, 5) is 0. The normalized spacial score (nSPS) is 18.5. The Hall–Kier alpha value is -0.140. The second kappa shape index (κ2) is 6.86. The lowest BCUT2D eigenvalue weighted by Gasteiger charge is -2.30. The van der Waals surface area contributed by atoms with E-state index in [-0.39, 0.29) is 12.4 Å². The van der Waals surface area contributed by atoms with E-state index in [0.29, 0.717) is 23.2 Å². The molecule has 0 aromatic carbocycles. The largest absolute Gasteiger partial charge is 0.319 e. The lowest BCUT2D eigenvalue weighted by atomic mass is 9.98. The summed E-state index contributed by atoms with van der Waals surface area (Å²) in [5, 5.41) is 4.96. The quantitative estimate of drug-likeness (QED) is 0.922. The van der Waals surface area contributed by atoms with Gasteiger partial charge >= 0.3 is 0 Å². The van der Waals surface area contributed by atoms with Gasteiger partial charge < -0.3 is 5.32 Å². The Morgan fingerprint density at radius 2 is 2.11 bits per heavy atom. The van der Waals surface area contributed by atoms with Gasteiger partial charge in [-0.15, -0.1) is 23.7 Å². The van der Waals surface area contributed by atoms with Crippen LogP contribution in [0.4, 0.5) is 0 Å². The van der Waals surface area contributed by atoms with Gasteiger partial charge in [0.05, 0.1) is 0 Å². The zero-order chi connectivity index (χ0) is 12.3. The van der Waals surface area contributed by atoms with Gasteiger partial charge in [0.15, 0.2) is 0 Å². The molecule has 4 nitrogen and oxygen atoms in total. The van der Waals surface area contributed by atoms with Crippen LogP contribution in [0.2, 0.25) is 0 Å². The molecule has 0 unspecified atom stereocenters. The Bertz CT molecular complexity index is 440. The zero-order valence-electron chi connectivity index (χ0n) is 10.3. The van der Waals surface area contributed by atoms with Gasteiger partial charge in [-0.3, -0.25) is 0 Å². The molecule has 1 aliphatic rings. The van der Waals surface area contributed by atoms with E-state index in [1.807, 2.05) is 7.05 Å².